The maximum absolute atomic E-state index is 6.66. The summed E-state index contributed by atoms with van der Waals surface area (Å²) < 4.78 is 6.66. The number of hydrogen-bond acceptors (Lipinski definition) is 1. The molecule has 0 aliphatic heterocycles. The Morgan fingerprint density at radius 2 is 0.707 bits per heavy atom. The van der Waals surface area contributed by atoms with Crippen molar-refractivity contribution in [3.05, 3.63) is 0 Å². The fourth-order valence-corrected chi connectivity index (χ4v) is 10.9. The molecule has 0 aromatic heterocycles. The summed E-state index contributed by atoms with van der Waals surface area (Å²) in [6.07, 6.45) is 35.5. The zero-order valence-corrected chi connectivity index (χ0v) is 28.6. The van der Waals surface area contributed by atoms with E-state index in [1.165, 1.54) is 154 Å². The smallest absolute Gasteiger partial charge is 0.0468 e. The Labute approximate surface area is 258 Å². The molecular weight excluding hydrogens is 496 g/mol. The standard InChI is InChI=1S/C40H74O/c1-5-9-33-15-23-37(24-16-33)39(35-19-11-31(7-3)12-20-35)27-29-41-30-28-40(36-21-13-32(8-4)14-22-36)38-25-17-34(10-6-2)18-26-38/h31-40H,5-30H2,1-4H3. The van der Waals surface area contributed by atoms with Gasteiger partial charge in [0, 0.05) is 13.2 Å². The largest absolute Gasteiger partial charge is 0.381 e. The lowest BCUT2D eigenvalue weighted by Crippen LogP contribution is -2.32. The van der Waals surface area contributed by atoms with E-state index in [0.717, 1.165) is 72.4 Å². The van der Waals surface area contributed by atoms with Crippen molar-refractivity contribution in [2.75, 3.05) is 13.2 Å². The molecule has 4 aliphatic rings. The fraction of sp³-hybridized carbons (Fsp3) is 1.00. The molecule has 0 heterocycles. The van der Waals surface area contributed by atoms with Crippen LogP contribution < -0.4 is 0 Å². The highest BCUT2D eigenvalue weighted by Crippen LogP contribution is 2.46. The minimum atomic E-state index is 0.948. The first kappa shape index (κ1) is 33.8. The van der Waals surface area contributed by atoms with E-state index in [-0.39, 0.29) is 0 Å². The van der Waals surface area contributed by atoms with Gasteiger partial charge in [-0.15, -0.1) is 0 Å². The van der Waals surface area contributed by atoms with E-state index in [2.05, 4.69) is 27.7 Å². The van der Waals surface area contributed by atoms with Crippen molar-refractivity contribution in [2.45, 2.75) is 182 Å². The van der Waals surface area contributed by atoms with Gasteiger partial charge in [-0.3, -0.25) is 0 Å². The van der Waals surface area contributed by atoms with E-state index in [0.29, 0.717) is 0 Å². The lowest BCUT2D eigenvalue weighted by Gasteiger charge is -2.41. The fourth-order valence-electron chi connectivity index (χ4n) is 10.9. The molecule has 0 aromatic carbocycles. The normalized spacial score (nSPS) is 36.6. The van der Waals surface area contributed by atoms with Crippen LogP contribution in [0.25, 0.3) is 0 Å². The average molecular weight is 571 g/mol. The topological polar surface area (TPSA) is 9.23 Å². The molecule has 0 radical (unpaired) electrons. The van der Waals surface area contributed by atoms with Crippen molar-refractivity contribution in [3.8, 4) is 0 Å². The van der Waals surface area contributed by atoms with Crippen molar-refractivity contribution in [1.29, 1.82) is 0 Å². The Morgan fingerprint density at radius 3 is 0.976 bits per heavy atom. The molecule has 0 N–H and O–H groups in total. The molecule has 0 amide bonds. The van der Waals surface area contributed by atoms with Crippen LogP contribution in [-0.4, -0.2) is 13.2 Å². The Balaban J connectivity index is 1.27. The molecule has 4 saturated carbocycles. The van der Waals surface area contributed by atoms with Crippen molar-refractivity contribution in [1.82, 2.24) is 0 Å². The monoisotopic (exact) mass is 571 g/mol. The molecule has 4 fully saturated rings. The number of ether oxygens (including phenoxy) is 1. The molecule has 0 aromatic rings. The van der Waals surface area contributed by atoms with Crippen LogP contribution in [0.3, 0.4) is 0 Å². The first-order valence-electron chi connectivity index (χ1n) is 19.7. The first-order chi connectivity index (χ1) is 20.1. The van der Waals surface area contributed by atoms with Gasteiger partial charge in [-0.25, -0.2) is 0 Å². The van der Waals surface area contributed by atoms with E-state index in [4.69, 9.17) is 4.74 Å². The Hall–Kier alpha value is -0.0400. The summed E-state index contributed by atoms with van der Waals surface area (Å²) in [5, 5.41) is 0. The highest BCUT2D eigenvalue weighted by Gasteiger charge is 2.36. The molecular formula is C40H74O. The Morgan fingerprint density at radius 1 is 0.415 bits per heavy atom. The van der Waals surface area contributed by atoms with Gasteiger partial charge in [-0.05, 0) is 123 Å². The molecule has 0 saturated heterocycles. The molecule has 41 heavy (non-hydrogen) atoms. The van der Waals surface area contributed by atoms with Gasteiger partial charge in [0.1, 0.15) is 0 Å². The van der Waals surface area contributed by atoms with Crippen LogP contribution in [0.5, 0.6) is 0 Å². The van der Waals surface area contributed by atoms with Gasteiger partial charge in [0.25, 0.3) is 0 Å². The van der Waals surface area contributed by atoms with Crippen molar-refractivity contribution < 1.29 is 4.74 Å². The SMILES string of the molecule is CCCC1CCC(C(CCOCCC(C2CCC(CC)CC2)C2CCC(CCC)CC2)C2CCC(CC)CC2)CC1. The molecule has 1 heteroatoms. The predicted molar refractivity (Wildman–Crippen MR) is 179 cm³/mol. The van der Waals surface area contributed by atoms with E-state index in [9.17, 15) is 0 Å². The second-order valence-electron chi connectivity index (χ2n) is 16.0. The van der Waals surface area contributed by atoms with Gasteiger partial charge in [-0.2, -0.15) is 0 Å². The van der Waals surface area contributed by atoms with Gasteiger partial charge in [0.05, 0.1) is 0 Å². The van der Waals surface area contributed by atoms with Crippen LogP contribution in [-0.2, 0) is 4.74 Å². The summed E-state index contributed by atoms with van der Waals surface area (Å²) in [7, 11) is 0. The maximum Gasteiger partial charge on any atom is 0.0468 e. The van der Waals surface area contributed by atoms with Crippen molar-refractivity contribution in [3.63, 3.8) is 0 Å². The molecule has 4 aliphatic carbocycles. The molecule has 2 unspecified atom stereocenters. The van der Waals surface area contributed by atoms with Crippen LogP contribution in [0.1, 0.15) is 182 Å². The van der Waals surface area contributed by atoms with Crippen molar-refractivity contribution >= 4 is 0 Å². The first-order valence-corrected chi connectivity index (χ1v) is 19.7. The summed E-state index contributed by atoms with van der Waals surface area (Å²) in [4.78, 5) is 0. The van der Waals surface area contributed by atoms with Crippen LogP contribution in [0.2, 0.25) is 0 Å². The number of rotatable bonds is 16. The quantitative estimate of drug-likeness (QED) is 0.168. The summed E-state index contributed by atoms with van der Waals surface area (Å²) >= 11 is 0. The van der Waals surface area contributed by atoms with Gasteiger partial charge in [0.2, 0.25) is 0 Å². The highest BCUT2D eigenvalue weighted by molar-refractivity contribution is 4.87. The van der Waals surface area contributed by atoms with Crippen LogP contribution in [0, 0.1) is 59.2 Å². The highest BCUT2D eigenvalue weighted by atomic mass is 16.5. The van der Waals surface area contributed by atoms with Gasteiger partial charge >= 0.3 is 0 Å². The maximum atomic E-state index is 6.66. The molecule has 0 spiro atoms. The summed E-state index contributed by atoms with van der Waals surface area (Å²) in [6.45, 7) is 11.7. The van der Waals surface area contributed by atoms with E-state index in [1.54, 1.807) is 0 Å². The number of hydrogen-bond donors (Lipinski definition) is 0. The second-order valence-corrected chi connectivity index (χ2v) is 16.0. The zero-order chi connectivity index (χ0) is 28.9. The summed E-state index contributed by atoms with van der Waals surface area (Å²) in [5.41, 5.74) is 0. The third-order valence-electron chi connectivity index (χ3n) is 13.7. The van der Waals surface area contributed by atoms with Gasteiger partial charge in [0.15, 0.2) is 0 Å². The molecule has 240 valence electrons. The van der Waals surface area contributed by atoms with Gasteiger partial charge in [-0.1, -0.05) is 118 Å². The third kappa shape index (κ3) is 10.5. The second kappa shape index (κ2) is 18.7. The van der Waals surface area contributed by atoms with Gasteiger partial charge < -0.3 is 4.74 Å². The zero-order valence-electron chi connectivity index (χ0n) is 28.6. The minimum absolute atomic E-state index is 0.948. The third-order valence-corrected chi connectivity index (χ3v) is 13.7. The predicted octanol–water partition coefficient (Wildman–Crippen LogP) is 12.7. The summed E-state index contributed by atoms with van der Waals surface area (Å²) in [6, 6.07) is 0. The molecule has 2 atom stereocenters. The lowest BCUT2D eigenvalue weighted by atomic mass is 9.65. The minimum Gasteiger partial charge on any atom is -0.381 e. The van der Waals surface area contributed by atoms with Crippen molar-refractivity contribution in [2.24, 2.45) is 59.2 Å². The van der Waals surface area contributed by atoms with E-state index in [1.807, 2.05) is 0 Å². The molecule has 4 rings (SSSR count). The van der Waals surface area contributed by atoms with Crippen LogP contribution >= 0.6 is 0 Å². The van der Waals surface area contributed by atoms with Crippen LogP contribution in [0.15, 0.2) is 0 Å². The van der Waals surface area contributed by atoms with E-state index >= 15 is 0 Å². The average Bonchev–Trinajstić information content (AvgIpc) is 3.02. The molecule has 0 bridgehead atoms. The Kier molecular flexibility index (Phi) is 15.4. The van der Waals surface area contributed by atoms with E-state index < -0.39 is 0 Å². The lowest BCUT2D eigenvalue weighted by molar-refractivity contribution is 0.0372. The van der Waals surface area contributed by atoms with Crippen LogP contribution in [0.4, 0.5) is 0 Å². The summed E-state index contributed by atoms with van der Waals surface area (Å²) in [5.74, 6) is 9.98. The molecule has 1 nitrogen and oxygen atoms in total. The Bertz CT molecular complexity index is 584.